The second-order valence-electron chi connectivity index (χ2n) is 4.76. The van der Waals surface area contributed by atoms with Gasteiger partial charge in [-0.15, -0.1) is 5.10 Å². The Balaban J connectivity index is 2.52. The predicted octanol–water partition coefficient (Wildman–Crippen LogP) is 1.12. The molecule has 0 aliphatic carbocycles. The van der Waals surface area contributed by atoms with Gasteiger partial charge in [0.05, 0.1) is 13.3 Å². The second-order valence-corrected chi connectivity index (χ2v) is 4.76. The number of aromatic nitrogens is 5. The van der Waals surface area contributed by atoms with Crippen molar-refractivity contribution in [3.63, 3.8) is 0 Å². The van der Waals surface area contributed by atoms with E-state index in [0.717, 1.165) is 5.56 Å². The van der Waals surface area contributed by atoms with Crippen LogP contribution in [0.2, 0.25) is 0 Å². The van der Waals surface area contributed by atoms with Crippen LogP contribution in [-0.2, 0) is 18.3 Å². The van der Waals surface area contributed by atoms with Crippen LogP contribution >= 0.6 is 0 Å². The highest BCUT2D eigenvalue weighted by atomic mass is 16.5. The fourth-order valence-corrected chi connectivity index (χ4v) is 1.85. The highest BCUT2D eigenvalue weighted by Crippen LogP contribution is 2.23. The average Bonchev–Trinajstić information content (AvgIpc) is 2.93. The summed E-state index contributed by atoms with van der Waals surface area (Å²) in [7, 11) is 3.15. The molecule has 19 heavy (non-hydrogen) atoms. The lowest BCUT2D eigenvalue weighted by molar-refractivity contribution is 0.0595. The summed E-state index contributed by atoms with van der Waals surface area (Å²) in [5, 5.41) is 12.1. The quantitative estimate of drug-likeness (QED) is 0.773. The summed E-state index contributed by atoms with van der Waals surface area (Å²) in [6.45, 7) is 4.83. The molecule has 2 aromatic rings. The molecule has 0 fully saturated rings. The molecular weight excluding hydrogens is 246 g/mol. The fraction of sp³-hybridized carbons (Fsp3) is 0.500. The molecule has 0 aliphatic heterocycles. The summed E-state index contributed by atoms with van der Waals surface area (Å²) in [4.78, 5) is 11.7. The molecule has 7 heteroatoms. The lowest BCUT2D eigenvalue weighted by atomic mass is 10.1. The van der Waals surface area contributed by atoms with E-state index in [9.17, 15) is 4.79 Å². The standard InChI is InChI=1S/C12H17N5O2/c1-8(2)6-17-11(9-5-13-16(3)7-9)10(14-15-17)12(18)19-4/h5,7-8H,6H2,1-4H3. The van der Waals surface area contributed by atoms with E-state index in [4.69, 9.17) is 4.74 Å². The van der Waals surface area contributed by atoms with Crippen molar-refractivity contribution in [3.8, 4) is 11.3 Å². The normalized spacial score (nSPS) is 11.0. The zero-order valence-corrected chi connectivity index (χ0v) is 11.5. The van der Waals surface area contributed by atoms with E-state index in [1.165, 1.54) is 7.11 Å². The molecule has 0 amide bonds. The maximum Gasteiger partial charge on any atom is 0.360 e. The molecule has 0 atom stereocenters. The number of ether oxygens (including phenoxy) is 1. The van der Waals surface area contributed by atoms with Crippen molar-refractivity contribution in [2.45, 2.75) is 20.4 Å². The van der Waals surface area contributed by atoms with Crippen molar-refractivity contribution >= 4 is 5.97 Å². The van der Waals surface area contributed by atoms with E-state index < -0.39 is 5.97 Å². The Morgan fingerprint density at radius 3 is 2.74 bits per heavy atom. The first-order chi connectivity index (χ1) is 9.02. The van der Waals surface area contributed by atoms with Crippen LogP contribution in [0.1, 0.15) is 24.3 Å². The van der Waals surface area contributed by atoms with Crippen LogP contribution in [0.15, 0.2) is 12.4 Å². The lowest BCUT2D eigenvalue weighted by Crippen LogP contribution is -2.09. The minimum absolute atomic E-state index is 0.219. The van der Waals surface area contributed by atoms with Crippen LogP contribution in [0.5, 0.6) is 0 Å². The molecule has 0 N–H and O–H groups in total. The van der Waals surface area contributed by atoms with Gasteiger partial charge in [0.2, 0.25) is 0 Å². The zero-order valence-electron chi connectivity index (χ0n) is 11.5. The van der Waals surface area contributed by atoms with Gasteiger partial charge in [0.15, 0.2) is 5.69 Å². The third-order valence-electron chi connectivity index (χ3n) is 2.63. The Kier molecular flexibility index (Phi) is 3.64. The Morgan fingerprint density at radius 1 is 1.47 bits per heavy atom. The number of hydrogen-bond donors (Lipinski definition) is 0. The van der Waals surface area contributed by atoms with Gasteiger partial charge in [-0.05, 0) is 5.92 Å². The van der Waals surface area contributed by atoms with Crippen LogP contribution in [0.25, 0.3) is 11.3 Å². The minimum Gasteiger partial charge on any atom is -0.464 e. The Bertz CT molecular complexity index is 585. The van der Waals surface area contributed by atoms with Crippen molar-refractivity contribution < 1.29 is 9.53 Å². The molecular formula is C12H17N5O2. The molecule has 0 aromatic carbocycles. The van der Waals surface area contributed by atoms with Gasteiger partial charge in [-0.25, -0.2) is 9.48 Å². The molecule has 2 aromatic heterocycles. The first-order valence-electron chi connectivity index (χ1n) is 6.03. The molecule has 0 radical (unpaired) electrons. The Labute approximate surface area is 111 Å². The summed E-state index contributed by atoms with van der Waals surface area (Å²) in [5.41, 5.74) is 1.67. The summed E-state index contributed by atoms with van der Waals surface area (Å²) < 4.78 is 8.13. The maximum atomic E-state index is 11.7. The summed E-state index contributed by atoms with van der Waals surface area (Å²) in [6, 6.07) is 0. The molecule has 2 rings (SSSR count). The van der Waals surface area contributed by atoms with E-state index in [0.29, 0.717) is 18.2 Å². The van der Waals surface area contributed by atoms with Gasteiger partial charge in [0.25, 0.3) is 0 Å². The van der Waals surface area contributed by atoms with E-state index in [2.05, 4.69) is 29.3 Å². The number of carbonyl (C=O) groups excluding carboxylic acids is 1. The number of carbonyl (C=O) groups is 1. The van der Waals surface area contributed by atoms with E-state index in [1.54, 1.807) is 15.6 Å². The van der Waals surface area contributed by atoms with Crippen molar-refractivity contribution in [3.05, 3.63) is 18.1 Å². The topological polar surface area (TPSA) is 74.8 Å². The second kappa shape index (κ2) is 5.21. The molecule has 0 saturated heterocycles. The first-order valence-corrected chi connectivity index (χ1v) is 6.03. The number of rotatable bonds is 4. The zero-order chi connectivity index (χ0) is 14.0. The van der Waals surface area contributed by atoms with Crippen LogP contribution < -0.4 is 0 Å². The van der Waals surface area contributed by atoms with Gasteiger partial charge in [-0.3, -0.25) is 4.68 Å². The van der Waals surface area contributed by atoms with E-state index in [-0.39, 0.29) is 5.69 Å². The van der Waals surface area contributed by atoms with Gasteiger partial charge < -0.3 is 4.74 Å². The largest absolute Gasteiger partial charge is 0.464 e. The van der Waals surface area contributed by atoms with Crippen LogP contribution in [0.3, 0.4) is 0 Å². The monoisotopic (exact) mass is 263 g/mol. The molecule has 0 bridgehead atoms. The summed E-state index contributed by atoms with van der Waals surface area (Å²) in [5.74, 6) is -0.100. The van der Waals surface area contributed by atoms with Gasteiger partial charge in [-0.1, -0.05) is 19.1 Å². The van der Waals surface area contributed by atoms with Gasteiger partial charge in [-0.2, -0.15) is 5.10 Å². The molecule has 2 heterocycles. The van der Waals surface area contributed by atoms with Crippen molar-refractivity contribution in [1.29, 1.82) is 0 Å². The molecule has 0 unspecified atom stereocenters. The van der Waals surface area contributed by atoms with Crippen LogP contribution in [-0.4, -0.2) is 37.9 Å². The first kappa shape index (κ1) is 13.3. The third kappa shape index (κ3) is 2.64. The van der Waals surface area contributed by atoms with Crippen LogP contribution in [0.4, 0.5) is 0 Å². The summed E-state index contributed by atoms with van der Waals surface area (Å²) in [6.07, 6.45) is 3.50. The Morgan fingerprint density at radius 2 is 2.21 bits per heavy atom. The van der Waals surface area contributed by atoms with E-state index >= 15 is 0 Å². The summed E-state index contributed by atoms with van der Waals surface area (Å²) >= 11 is 0. The molecule has 102 valence electrons. The number of aryl methyl sites for hydroxylation is 1. The molecule has 0 aliphatic rings. The van der Waals surface area contributed by atoms with Gasteiger partial charge >= 0.3 is 5.97 Å². The van der Waals surface area contributed by atoms with Crippen molar-refractivity contribution in [2.75, 3.05) is 7.11 Å². The number of nitrogens with zero attached hydrogens (tertiary/aromatic N) is 5. The number of methoxy groups -OCH3 is 1. The highest BCUT2D eigenvalue weighted by Gasteiger charge is 2.23. The molecule has 0 saturated carbocycles. The van der Waals surface area contributed by atoms with Crippen LogP contribution in [0, 0.1) is 5.92 Å². The van der Waals surface area contributed by atoms with Gasteiger partial charge in [0, 0.05) is 25.4 Å². The van der Waals surface area contributed by atoms with Gasteiger partial charge in [0.1, 0.15) is 5.69 Å². The predicted molar refractivity (Wildman–Crippen MR) is 68.4 cm³/mol. The highest BCUT2D eigenvalue weighted by molar-refractivity contribution is 5.93. The average molecular weight is 263 g/mol. The maximum absolute atomic E-state index is 11.7. The molecule has 0 spiro atoms. The minimum atomic E-state index is -0.492. The van der Waals surface area contributed by atoms with Crippen molar-refractivity contribution in [2.24, 2.45) is 13.0 Å². The fourth-order valence-electron chi connectivity index (χ4n) is 1.85. The lowest BCUT2D eigenvalue weighted by Gasteiger charge is -2.08. The Hall–Kier alpha value is -2.18. The third-order valence-corrected chi connectivity index (χ3v) is 2.63. The van der Waals surface area contributed by atoms with E-state index in [1.807, 2.05) is 13.2 Å². The smallest absolute Gasteiger partial charge is 0.360 e. The number of hydrogen-bond acceptors (Lipinski definition) is 5. The SMILES string of the molecule is COC(=O)c1nnn(CC(C)C)c1-c1cnn(C)c1. The van der Waals surface area contributed by atoms with Crippen molar-refractivity contribution in [1.82, 2.24) is 24.8 Å². The molecule has 7 nitrogen and oxygen atoms in total. The number of esters is 1.